The molecule has 150 valence electrons. The van der Waals surface area contributed by atoms with Gasteiger partial charge in [0, 0.05) is 29.8 Å². The maximum atomic E-state index is 12.9. The van der Waals surface area contributed by atoms with Crippen molar-refractivity contribution in [2.75, 3.05) is 5.32 Å². The van der Waals surface area contributed by atoms with Gasteiger partial charge in [-0.3, -0.25) is 0 Å². The van der Waals surface area contributed by atoms with Crippen LogP contribution in [-0.4, -0.2) is 32.6 Å². The molecule has 0 amide bonds. The number of aliphatic hydroxyl groups excluding tert-OH is 1. The fraction of sp³-hybridized carbons (Fsp3) is 0.474. The molecule has 6 nitrogen and oxygen atoms in total. The van der Waals surface area contributed by atoms with Crippen molar-refractivity contribution in [1.82, 2.24) is 15.5 Å². The molecule has 1 aromatic carbocycles. The fourth-order valence-electron chi connectivity index (χ4n) is 3.90. The van der Waals surface area contributed by atoms with E-state index in [1.54, 1.807) is 0 Å². The number of phenolic OH excluding ortho intramolecular Hbond substituents is 1. The number of phenols is 1. The molecular weight excluding hydrogens is 373 g/mol. The highest BCUT2D eigenvalue weighted by Crippen LogP contribution is 2.39. The van der Waals surface area contributed by atoms with E-state index in [1.165, 1.54) is 6.07 Å². The Hall–Kier alpha value is -2.39. The van der Waals surface area contributed by atoms with Gasteiger partial charge in [0.1, 0.15) is 11.4 Å². The van der Waals surface area contributed by atoms with Crippen LogP contribution in [0.15, 0.2) is 18.2 Å². The second-order valence-corrected chi connectivity index (χ2v) is 7.29. The topological polar surface area (TPSA) is 90.3 Å². The highest BCUT2D eigenvalue weighted by Gasteiger charge is 2.32. The first-order chi connectivity index (χ1) is 13.3. The zero-order valence-corrected chi connectivity index (χ0v) is 15.1. The Kier molecular flexibility index (Phi) is 4.88. The molecule has 28 heavy (non-hydrogen) atoms. The van der Waals surface area contributed by atoms with Gasteiger partial charge >= 0.3 is 6.18 Å². The molecule has 1 fully saturated rings. The van der Waals surface area contributed by atoms with Crippen molar-refractivity contribution in [1.29, 1.82) is 0 Å². The van der Waals surface area contributed by atoms with Gasteiger partial charge in [-0.25, -0.2) is 0 Å². The van der Waals surface area contributed by atoms with Gasteiger partial charge in [0.2, 0.25) is 0 Å². The third-order valence-electron chi connectivity index (χ3n) is 5.42. The lowest BCUT2D eigenvalue weighted by Crippen LogP contribution is -2.37. The van der Waals surface area contributed by atoms with Crippen LogP contribution in [0.1, 0.15) is 42.4 Å². The number of benzene rings is 1. The van der Waals surface area contributed by atoms with Gasteiger partial charge in [-0.2, -0.15) is 13.2 Å². The van der Waals surface area contributed by atoms with Crippen LogP contribution < -0.4 is 10.6 Å². The van der Waals surface area contributed by atoms with Crippen LogP contribution in [0, 0.1) is 0 Å². The molecule has 0 radical (unpaired) electrons. The van der Waals surface area contributed by atoms with E-state index in [9.17, 15) is 23.4 Å². The summed E-state index contributed by atoms with van der Waals surface area (Å²) in [7, 11) is 0. The van der Waals surface area contributed by atoms with Crippen molar-refractivity contribution >= 4 is 5.82 Å². The minimum absolute atomic E-state index is 0.0990. The Morgan fingerprint density at radius 1 is 1.07 bits per heavy atom. The van der Waals surface area contributed by atoms with E-state index in [0.717, 1.165) is 42.9 Å². The number of rotatable bonds is 3. The molecule has 0 bridgehead atoms. The lowest BCUT2D eigenvalue weighted by atomic mass is 9.92. The van der Waals surface area contributed by atoms with Crippen LogP contribution in [0.3, 0.4) is 0 Å². The van der Waals surface area contributed by atoms with Crippen LogP contribution in [0.2, 0.25) is 0 Å². The number of nitrogens with one attached hydrogen (secondary N) is 2. The van der Waals surface area contributed by atoms with Crippen molar-refractivity contribution in [3.05, 3.63) is 34.9 Å². The summed E-state index contributed by atoms with van der Waals surface area (Å²) < 4.78 is 38.6. The Bertz CT molecular complexity index is 888. The molecule has 0 spiro atoms. The smallest absolute Gasteiger partial charge is 0.416 e. The number of hydrogen-bond donors (Lipinski definition) is 4. The SMILES string of the molecule is Oc1cc(C(F)(F)F)ccc1-c1nnc(N[C@@H]2CCCC[C@H]2O)c2c1CNC2. The quantitative estimate of drug-likeness (QED) is 0.639. The van der Waals surface area contributed by atoms with Gasteiger partial charge in [-0.05, 0) is 31.0 Å². The average Bonchev–Trinajstić information content (AvgIpc) is 3.13. The molecule has 1 aliphatic carbocycles. The molecule has 1 aliphatic heterocycles. The number of fused-ring (bicyclic) bond motifs is 1. The molecule has 2 atom stereocenters. The summed E-state index contributed by atoms with van der Waals surface area (Å²) in [4.78, 5) is 0. The molecule has 2 aromatic rings. The summed E-state index contributed by atoms with van der Waals surface area (Å²) in [5.41, 5.74) is 1.31. The normalized spacial score (nSPS) is 22.1. The largest absolute Gasteiger partial charge is 0.507 e. The third-order valence-corrected chi connectivity index (χ3v) is 5.42. The Balaban J connectivity index is 1.68. The fourth-order valence-corrected chi connectivity index (χ4v) is 3.90. The van der Waals surface area contributed by atoms with Crippen molar-refractivity contribution in [2.45, 2.75) is 57.1 Å². The minimum Gasteiger partial charge on any atom is -0.507 e. The van der Waals surface area contributed by atoms with Crippen LogP contribution >= 0.6 is 0 Å². The summed E-state index contributed by atoms with van der Waals surface area (Å²) in [5.74, 6) is 0.0859. The number of aliphatic hydroxyl groups is 1. The van der Waals surface area contributed by atoms with E-state index in [4.69, 9.17) is 0 Å². The zero-order valence-electron chi connectivity index (χ0n) is 15.1. The average molecular weight is 394 g/mol. The molecule has 1 saturated carbocycles. The predicted octanol–water partition coefficient (Wildman–Crippen LogP) is 3.19. The minimum atomic E-state index is -4.53. The number of aromatic hydroxyl groups is 1. The summed E-state index contributed by atoms with van der Waals surface area (Å²) in [6, 6.07) is 2.75. The van der Waals surface area contributed by atoms with Crippen LogP contribution in [-0.2, 0) is 19.3 Å². The first-order valence-electron chi connectivity index (χ1n) is 9.29. The van der Waals surface area contributed by atoms with E-state index in [0.29, 0.717) is 30.7 Å². The van der Waals surface area contributed by atoms with Crippen molar-refractivity contribution in [3.8, 4) is 17.0 Å². The van der Waals surface area contributed by atoms with Crippen LogP contribution in [0.5, 0.6) is 5.75 Å². The molecule has 0 unspecified atom stereocenters. The summed E-state index contributed by atoms with van der Waals surface area (Å²) in [6.45, 7) is 1.01. The standard InChI is InChI=1S/C19H21F3N4O2/c20-19(21,22)10-5-6-11(16(28)7-10)17-12-8-23-9-13(12)18(26-25-17)24-14-3-1-2-4-15(14)27/h5-7,14-15,23,27-28H,1-4,8-9H2,(H,24,26)/t14-,15-/m1/s1. The number of halogens is 3. The maximum absolute atomic E-state index is 12.9. The number of anilines is 1. The Morgan fingerprint density at radius 3 is 2.54 bits per heavy atom. The van der Waals surface area contributed by atoms with E-state index in [2.05, 4.69) is 20.8 Å². The van der Waals surface area contributed by atoms with E-state index < -0.39 is 23.6 Å². The second-order valence-electron chi connectivity index (χ2n) is 7.29. The second kappa shape index (κ2) is 7.21. The molecule has 2 heterocycles. The molecule has 1 aromatic heterocycles. The lowest BCUT2D eigenvalue weighted by molar-refractivity contribution is -0.137. The van der Waals surface area contributed by atoms with Gasteiger partial charge in [-0.1, -0.05) is 12.8 Å². The van der Waals surface area contributed by atoms with Gasteiger partial charge in [-0.15, -0.1) is 10.2 Å². The van der Waals surface area contributed by atoms with Crippen LogP contribution in [0.25, 0.3) is 11.3 Å². The maximum Gasteiger partial charge on any atom is 0.416 e. The highest BCUT2D eigenvalue weighted by atomic mass is 19.4. The predicted molar refractivity (Wildman–Crippen MR) is 96.6 cm³/mol. The van der Waals surface area contributed by atoms with E-state index in [1.807, 2.05) is 0 Å². The van der Waals surface area contributed by atoms with Crippen molar-refractivity contribution < 1.29 is 23.4 Å². The summed E-state index contributed by atoms with van der Waals surface area (Å²) in [6.07, 6.45) is -1.37. The molecule has 4 N–H and O–H groups in total. The number of hydrogen-bond acceptors (Lipinski definition) is 6. The first kappa shape index (κ1) is 18.9. The van der Waals surface area contributed by atoms with Gasteiger partial charge < -0.3 is 20.8 Å². The summed E-state index contributed by atoms with van der Waals surface area (Å²) >= 11 is 0. The third kappa shape index (κ3) is 3.51. The first-order valence-corrected chi connectivity index (χ1v) is 9.29. The van der Waals surface area contributed by atoms with Gasteiger partial charge in [0.25, 0.3) is 0 Å². The van der Waals surface area contributed by atoms with Crippen LogP contribution in [0.4, 0.5) is 19.0 Å². The Morgan fingerprint density at radius 2 is 1.82 bits per heavy atom. The number of nitrogens with zero attached hydrogens (tertiary/aromatic N) is 2. The molecule has 9 heteroatoms. The number of aromatic nitrogens is 2. The molecule has 2 aliphatic rings. The lowest BCUT2D eigenvalue weighted by Gasteiger charge is -2.29. The number of alkyl halides is 3. The summed E-state index contributed by atoms with van der Waals surface area (Å²) in [5, 5.41) is 35.2. The van der Waals surface area contributed by atoms with Gasteiger partial charge in [0.15, 0.2) is 5.82 Å². The Labute approximate surface area is 159 Å². The van der Waals surface area contributed by atoms with E-state index in [-0.39, 0.29) is 11.6 Å². The van der Waals surface area contributed by atoms with Gasteiger partial charge in [0.05, 0.1) is 17.7 Å². The molecule has 4 rings (SSSR count). The molecular formula is C19H21F3N4O2. The highest BCUT2D eigenvalue weighted by molar-refractivity contribution is 5.73. The van der Waals surface area contributed by atoms with E-state index >= 15 is 0 Å². The van der Waals surface area contributed by atoms with Crippen molar-refractivity contribution in [3.63, 3.8) is 0 Å². The van der Waals surface area contributed by atoms with Crippen molar-refractivity contribution in [2.24, 2.45) is 0 Å². The monoisotopic (exact) mass is 394 g/mol. The molecule has 0 saturated heterocycles. The zero-order chi connectivity index (χ0) is 19.9.